The molecule has 11 aromatic carbocycles. The highest BCUT2D eigenvalue weighted by Crippen LogP contribution is 2.57. The molecular formula is C67H43NS2. The van der Waals surface area contributed by atoms with E-state index in [1.54, 1.807) is 0 Å². The van der Waals surface area contributed by atoms with E-state index in [1.807, 2.05) is 22.7 Å². The van der Waals surface area contributed by atoms with Crippen LogP contribution in [-0.4, -0.2) is 0 Å². The fourth-order valence-corrected chi connectivity index (χ4v) is 13.7. The van der Waals surface area contributed by atoms with Crippen molar-refractivity contribution in [2.75, 3.05) is 4.90 Å². The molecule has 0 amide bonds. The number of hydrogen-bond acceptors (Lipinski definition) is 3. The molecule has 0 unspecified atom stereocenters. The van der Waals surface area contributed by atoms with Gasteiger partial charge in [0, 0.05) is 57.4 Å². The molecule has 328 valence electrons. The zero-order valence-electron chi connectivity index (χ0n) is 38.1. The minimum absolute atomic E-state index is 0.472. The molecule has 3 heteroatoms. The van der Waals surface area contributed by atoms with Gasteiger partial charge in [0.1, 0.15) is 0 Å². The van der Waals surface area contributed by atoms with Crippen molar-refractivity contribution in [3.05, 3.63) is 283 Å². The zero-order chi connectivity index (χ0) is 46.2. The average Bonchev–Trinajstić information content (AvgIpc) is 4.10. The summed E-state index contributed by atoms with van der Waals surface area (Å²) in [6.45, 7) is 0. The van der Waals surface area contributed by atoms with Crippen LogP contribution in [0.1, 0.15) is 22.3 Å². The minimum Gasteiger partial charge on any atom is -0.310 e. The van der Waals surface area contributed by atoms with E-state index < -0.39 is 5.41 Å². The number of thiophene rings is 2. The predicted octanol–water partition coefficient (Wildman–Crippen LogP) is 19.3. The minimum atomic E-state index is -0.472. The van der Waals surface area contributed by atoms with Crippen molar-refractivity contribution in [3.8, 4) is 44.5 Å². The molecule has 70 heavy (non-hydrogen) atoms. The summed E-state index contributed by atoms with van der Waals surface area (Å²) in [7, 11) is 0. The molecule has 0 radical (unpaired) electrons. The molecule has 1 aliphatic rings. The summed E-state index contributed by atoms with van der Waals surface area (Å²) in [4.78, 5) is 2.45. The van der Waals surface area contributed by atoms with Crippen LogP contribution >= 0.6 is 22.7 Å². The van der Waals surface area contributed by atoms with Gasteiger partial charge in [-0.3, -0.25) is 0 Å². The highest BCUT2D eigenvalue weighted by molar-refractivity contribution is 7.26. The van der Waals surface area contributed by atoms with Crippen molar-refractivity contribution < 1.29 is 0 Å². The lowest BCUT2D eigenvalue weighted by atomic mass is 9.68. The third-order valence-electron chi connectivity index (χ3n) is 14.6. The number of benzene rings is 11. The summed E-state index contributed by atoms with van der Waals surface area (Å²) < 4.78 is 5.28. The second kappa shape index (κ2) is 16.4. The Labute approximate surface area is 415 Å². The van der Waals surface area contributed by atoms with Gasteiger partial charge in [-0.2, -0.15) is 0 Å². The molecule has 1 nitrogen and oxygen atoms in total. The molecule has 0 aliphatic heterocycles. The van der Waals surface area contributed by atoms with Gasteiger partial charge in [0.15, 0.2) is 0 Å². The van der Waals surface area contributed by atoms with Crippen LogP contribution in [0.25, 0.3) is 84.9 Å². The van der Waals surface area contributed by atoms with Crippen LogP contribution in [0.15, 0.2) is 261 Å². The Kier molecular flexibility index (Phi) is 9.55. The predicted molar refractivity (Wildman–Crippen MR) is 301 cm³/mol. The first kappa shape index (κ1) is 40.7. The maximum Gasteiger partial charge on any atom is 0.0713 e. The maximum absolute atomic E-state index is 2.45. The fourth-order valence-electron chi connectivity index (χ4n) is 11.4. The monoisotopic (exact) mass is 925 g/mol. The standard InChI is InChI=1S/C67H43NS2/c1-3-19-49(20-4-1)67(50-21-5-2-6-22-50)61-29-10-7-24-55(61)59-43-53(37-38-62(59)67)68(52-23-14-18-48(41-52)54-27-15-28-58-56-25-8-12-31-64(56)70-66(54)58)51-35-32-44(33-36-51)45-16-13-17-46(40-45)47-34-39-65-60(42-47)57-26-9-11-30-63(57)69-65/h1-43H. The van der Waals surface area contributed by atoms with Crippen molar-refractivity contribution in [2.45, 2.75) is 5.41 Å². The summed E-state index contributed by atoms with van der Waals surface area (Å²) in [6, 6.07) is 96.8. The van der Waals surface area contributed by atoms with Crippen molar-refractivity contribution in [3.63, 3.8) is 0 Å². The van der Waals surface area contributed by atoms with E-state index in [2.05, 4.69) is 266 Å². The van der Waals surface area contributed by atoms with Gasteiger partial charge in [-0.05, 0) is 133 Å². The van der Waals surface area contributed by atoms with Gasteiger partial charge < -0.3 is 4.90 Å². The average molecular weight is 926 g/mol. The lowest BCUT2D eigenvalue weighted by molar-refractivity contribution is 0.768. The van der Waals surface area contributed by atoms with Crippen molar-refractivity contribution >= 4 is 80.1 Å². The largest absolute Gasteiger partial charge is 0.310 e. The molecule has 2 aromatic heterocycles. The SMILES string of the molecule is c1ccc(C2(c3ccccc3)c3ccccc3-c3cc(N(c4ccc(-c5cccc(-c6ccc7sc8ccccc8c7c6)c5)cc4)c4cccc(-c5cccc6c5sc5ccccc56)c4)ccc32)cc1. The molecule has 0 atom stereocenters. The number of hydrogen-bond donors (Lipinski definition) is 0. The molecule has 0 bridgehead atoms. The Bertz CT molecular complexity index is 4090. The van der Waals surface area contributed by atoms with Crippen LogP contribution in [0.5, 0.6) is 0 Å². The third-order valence-corrected chi connectivity index (χ3v) is 16.9. The Morgan fingerprint density at radius 1 is 0.271 bits per heavy atom. The first-order valence-electron chi connectivity index (χ1n) is 24.0. The van der Waals surface area contributed by atoms with Crippen LogP contribution < -0.4 is 4.90 Å². The summed E-state index contributed by atoms with van der Waals surface area (Å²) in [5, 5.41) is 5.25. The number of rotatable bonds is 8. The highest BCUT2D eigenvalue weighted by Gasteiger charge is 2.46. The van der Waals surface area contributed by atoms with Gasteiger partial charge in [-0.25, -0.2) is 0 Å². The van der Waals surface area contributed by atoms with Crippen molar-refractivity contribution in [1.82, 2.24) is 0 Å². The molecule has 2 heterocycles. The van der Waals surface area contributed by atoms with Gasteiger partial charge in [0.2, 0.25) is 0 Å². The Hall–Kier alpha value is -8.34. The molecule has 1 aliphatic carbocycles. The van der Waals surface area contributed by atoms with E-state index in [0.29, 0.717) is 0 Å². The van der Waals surface area contributed by atoms with Crippen LogP contribution in [0, 0.1) is 0 Å². The summed E-state index contributed by atoms with van der Waals surface area (Å²) >= 11 is 3.74. The third kappa shape index (κ3) is 6.43. The van der Waals surface area contributed by atoms with E-state index in [0.717, 1.165) is 17.1 Å². The van der Waals surface area contributed by atoms with Gasteiger partial charge in [0.25, 0.3) is 0 Å². The molecule has 0 fully saturated rings. The van der Waals surface area contributed by atoms with Crippen LogP contribution in [0.4, 0.5) is 17.1 Å². The van der Waals surface area contributed by atoms with Gasteiger partial charge in [-0.1, -0.05) is 194 Å². The van der Waals surface area contributed by atoms with E-state index in [4.69, 9.17) is 0 Å². The van der Waals surface area contributed by atoms with Gasteiger partial charge in [0.05, 0.1) is 5.41 Å². The smallest absolute Gasteiger partial charge is 0.0713 e. The Morgan fingerprint density at radius 3 is 1.59 bits per heavy atom. The van der Waals surface area contributed by atoms with Crippen LogP contribution in [-0.2, 0) is 5.41 Å². The fraction of sp³-hybridized carbons (Fsp3) is 0.0149. The molecule has 0 saturated carbocycles. The first-order chi connectivity index (χ1) is 34.7. The van der Waals surface area contributed by atoms with E-state index >= 15 is 0 Å². The van der Waals surface area contributed by atoms with E-state index in [1.165, 1.54) is 107 Å². The number of fused-ring (bicyclic) bond motifs is 9. The second-order valence-corrected chi connectivity index (χ2v) is 20.5. The molecule has 14 rings (SSSR count). The van der Waals surface area contributed by atoms with Crippen LogP contribution in [0.2, 0.25) is 0 Å². The second-order valence-electron chi connectivity index (χ2n) is 18.4. The van der Waals surface area contributed by atoms with Gasteiger partial charge >= 0.3 is 0 Å². The van der Waals surface area contributed by atoms with Crippen LogP contribution in [0.3, 0.4) is 0 Å². The molecule has 0 saturated heterocycles. The normalized spacial score (nSPS) is 12.7. The van der Waals surface area contributed by atoms with Crippen molar-refractivity contribution in [1.29, 1.82) is 0 Å². The molecule has 0 spiro atoms. The number of nitrogens with zero attached hydrogens (tertiary/aromatic N) is 1. The quantitative estimate of drug-likeness (QED) is 0.147. The molecular weight excluding hydrogens is 883 g/mol. The molecule has 13 aromatic rings. The van der Waals surface area contributed by atoms with E-state index in [-0.39, 0.29) is 0 Å². The summed E-state index contributed by atoms with van der Waals surface area (Å²) in [5.74, 6) is 0. The lowest BCUT2D eigenvalue weighted by Gasteiger charge is -2.34. The Morgan fingerprint density at radius 2 is 0.800 bits per heavy atom. The Balaban J connectivity index is 0.916. The lowest BCUT2D eigenvalue weighted by Crippen LogP contribution is -2.28. The topological polar surface area (TPSA) is 3.24 Å². The van der Waals surface area contributed by atoms with E-state index in [9.17, 15) is 0 Å². The number of anilines is 3. The highest BCUT2D eigenvalue weighted by atomic mass is 32.1. The maximum atomic E-state index is 2.45. The zero-order valence-corrected chi connectivity index (χ0v) is 39.7. The molecule has 0 N–H and O–H groups in total. The summed E-state index contributed by atoms with van der Waals surface area (Å²) in [6.07, 6.45) is 0. The first-order valence-corrected chi connectivity index (χ1v) is 25.6. The summed E-state index contributed by atoms with van der Waals surface area (Å²) in [5.41, 5.74) is 17.7. The van der Waals surface area contributed by atoms with Crippen molar-refractivity contribution in [2.24, 2.45) is 0 Å². The van der Waals surface area contributed by atoms with Gasteiger partial charge in [-0.15, -0.1) is 22.7 Å².